The lowest BCUT2D eigenvalue weighted by molar-refractivity contribution is 0.441. The molecule has 1 aromatic heterocycles. The molecule has 4 rings (SSSR count). The van der Waals surface area contributed by atoms with Crippen molar-refractivity contribution in [2.45, 2.75) is 12.8 Å². The third kappa shape index (κ3) is 3.95. The van der Waals surface area contributed by atoms with Crippen LogP contribution in [0, 0.1) is 17.1 Å². The number of anilines is 1. The zero-order chi connectivity index (χ0) is 22.2. The summed E-state index contributed by atoms with van der Waals surface area (Å²) in [5, 5.41) is 9.86. The van der Waals surface area contributed by atoms with Crippen LogP contribution in [0.4, 0.5) is 10.1 Å². The second-order valence-corrected chi connectivity index (χ2v) is 8.74. The van der Waals surface area contributed by atoms with E-state index in [1.165, 1.54) is 39.5 Å². The summed E-state index contributed by atoms with van der Waals surface area (Å²) in [5.74, 6) is -1.18. The number of aryl methyl sites for hydroxylation is 1. The maximum Gasteiger partial charge on any atom is 0.301 e. The molecule has 11 heteroatoms. The molecule has 1 N–H and O–H groups in total. The van der Waals surface area contributed by atoms with Crippen LogP contribution in [-0.4, -0.2) is 35.4 Å². The van der Waals surface area contributed by atoms with Crippen LogP contribution in [0.15, 0.2) is 41.5 Å². The van der Waals surface area contributed by atoms with Crippen molar-refractivity contribution >= 4 is 26.8 Å². The second kappa shape index (κ2) is 7.98. The van der Waals surface area contributed by atoms with Crippen molar-refractivity contribution in [2.75, 3.05) is 17.8 Å². The van der Waals surface area contributed by atoms with E-state index in [1.54, 1.807) is 7.05 Å². The zero-order valence-corrected chi connectivity index (χ0v) is 17.3. The number of nitriles is 1. The van der Waals surface area contributed by atoms with Gasteiger partial charge in [-0.1, -0.05) is 0 Å². The molecular formula is C20H18FN5O4S. The van der Waals surface area contributed by atoms with Crippen molar-refractivity contribution in [3.8, 4) is 17.6 Å². The maximum absolute atomic E-state index is 14.6. The normalized spacial score (nSPS) is 14.5. The summed E-state index contributed by atoms with van der Waals surface area (Å²) >= 11 is 0. The van der Waals surface area contributed by atoms with Crippen LogP contribution in [0.3, 0.4) is 0 Å². The summed E-state index contributed by atoms with van der Waals surface area (Å²) in [4.78, 5) is 16.5. The average Bonchev–Trinajstić information content (AvgIpc) is 3.29. The molecule has 160 valence electrons. The van der Waals surface area contributed by atoms with Gasteiger partial charge in [-0.2, -0.15) is 18.0 Å². The van der Waals surface area contributed by atoms with E-state index in [0.29, 0.717) is 18.6 Å². The molecule has 2 heterocycles. The molecule has 3 aromatic rings. The smallest absolute Gasteiger partial charge is 0.301 e. The molecule has 0 atom stereocenters. The number of nitrogens with zero attached hydrogens (tertiary/aromatic N) is 4. The van der Waals surface area contributed by atoms with Gasteiger partial charge in [-0.15, -0.1) is 0 Å². The summed E-state index contributed by atoms with van der Waals surface area (Å²) in [6.07, 6.45) is 2.88. The summed E-state index contributed by atoms with van der Waals surface area (Å²) in [5.41, 5.74) is -0.279. The van der Waals surface area contributed by atoms with Crippen molar-refractivity contribution in [3.05, 3.63) is 58.4 Å². The number of ether oxygens (including phenoxy) is 1. The van der Waals surface area contributed by atoms with Crippen LogP contribution in [0.25, 0.3) is 10.9 Å². The number of fused-ring (bicyclic) bond motifs is 1. The molecule has 0 bridgehead atoms. The van der Waals surface area contributed by atoms with Gasteiger partial charge in [0.05, 0.1) is 22.9 Å². The number of rotatable bonds is 5. The minimum atomic E-state index is -3.89. The third-order valence-corrected chi connectivity index (χ3v) is 6.50. The van der Waals surface area contributed by atoms with Gasteiger partial charge < -0.3 is 9.30 Å². The fourth-order valence-electron chi connectivity index (χ4n) is 3.36. The Kier molecular flexibility index (Phi) is 5.34. The Bertz CT molecular complexity index is 1370. The molecule has 31 heavy (non-hydrogen) atoms. The highest BCUT2D eigenvalue weighted by Gasteiger charge is 2.27. The van der Waals surface area contributed by atoms with Gasteiger partial charge in [-0.3, -0.25) is 9.52 Å². The fourth-order valence-corrected chi connectivity index (χ4v) is 4.67. The van der Waals surface area contributed by atoms with E-state index < -0.39 is 21.8 Å². The minimum absolute atomic E-state index is 0.0934. The van der Waals surface area contributed by atoms with Gasteiger partial charge in [0.15, 0.2) is 11.6 Å². The predicted octanol–water partition coefficient (Wildman–Crippen LogP) is 2.49. The van der Waals surface area contributed by atoms with Gasteiger partial charge >= 0.3 is 10.2 Å². The topological polar surface area (TPSA) is 117 Å². The molecular weight excluding hydrogens is 425 g/mol. The van der Waals surface area contributed by atoms with E-state index in [-0.39, 0.29) is 27.9 Å². The van der Waals surface area contributed by atoms with Crippen molar-refractivity contribution in [1.82, 2.24) is 13.9 Å². The van der Waals surface area contributed by atoms with Crippen LogP contribution in [0.5, 0.6) is 11.5 Å². The first-order chi connectivity index (χ1) is 14.8. The van der Waals surface area contributed by atoms with E-state index >= 15 is 0 Å². The van der Waals surface area contributed by atoms with Crippen LogP contribution < -0.4 is 15.0 Å². The predicted molar refractivity (Wildman–Crippen MR) is 112 cm³/mol. The van der Waals surface area contributed by atoms with E-state index in [4.69, 9.17) is 4.74 Å². The molecule has 1 aliphatic rings. The Labute approximate surface area is 177 Å². The Morgan fingerprint density at radius 2 is 1.97 bits per heavy atom. The number of hydrogen-bond donors (Lipinski definition) is 1. The monoisotopic (exact) mass is 443 g/mol. The summed E-state index contributed by atoms with van der Waals surface area (Å²) in [6.45, 7) is 0.754. The fraction of sp³-hybridized carbons (Fsp3) is 0.250. The Morgan fingerprint density at radius 1 is 1.23 bits per heavy atom. The molecule has 1 fully saturated rings. The van der Waals surface area contributed by atoms with Gasteiger partial charge in [0.2, 0.25) is 0 Å². The van der Waals surface area contributed by atoms with Crippen LogP contribution in [0.1, 0.15) is 18.4 Å². The molecule has 0 amide bonds. The lowest BCUT2D eigenvalue weighted by Gasteiger charge is -2.18. The summed E-state index contributed by atoms with van der Waals surface area (Å²) in [6, 6.07) is 8.41. The van der Waals surface area contributed by atoms with Gasteiger partial charge in [0.1, 0.15) is 17.4 Å². The Balaban J connectivity index is 1.73. The number of benzene rings is 2. The molecule has 0 saturated carbocycles. The van der Waals surface area contributed by atoms with Crippen LogP contribution in [0.2, 0.25) is 0 Å². The summed E-state index contributed by atoms with van der Waals surface area (Å²) in [7, 11) is -2.34. The highest BCUT2D eigenvalue weighted by Crippen LogP contribution is 2.34. The van der Waals surface area contributed by atoms with E-state index in [1.807, 2.05) is 6.07 Å². The third-order valence-electron chi connectivity index (χ3n) is 4.97. The summed E-state index contributed by atoms with van der Waals surface area (Å²) < 4.78 is 50.2. The first-order valence-corrected chi connectivity index (χ1v) is 10.9. The molecule has 0 spiro atoms. The molecule has 2 aromatic carbocycles. The molecule has 1 saturated heterocycles. The van der Waals surface area contributed by atoms with Crippen molar-refractivity contribution < 1.29 is 17.5 Å². The largest absolute Gasteiger partial charge is 0.453 e. The van der Waals surface area contributed by atoms with Gasteiger partial charge in [0, 0.05) is 20.1 Å². The molecule has 0 aliphatic carbocycles. The second-order valence-electron chi connectivity index (χ2n) is 7.07. The minimum Gasteiger partial charge on any atom is -0.453 e. The van der Waals surface area contributed by atoms with Crippen molar-refractivity contribution in [3.63, 3.8) is 0 Å². The van der Waals surface area contributed by atoms with Crippen LogP contribution in [-0.2, 0) is 17.3 Å². The van der Waals surface area contributed by atoms with Crippen LogP contribution >= 0.6 is 0 Å². The number of halogens is 1. The van der Waals surface area contributed by atoms with E-state index in [9.17, 15) is 22.9 Å². The number of hydrogen-bond acceptors (Lipinski definition) is 6. The van der Waals surface area contributed by atoms with Gasteiger partial charge in [0.25, 0.3) is 5.56 Å². The molecule has 1 aliphatic heterocycles. The standard InChI is InChI=1S/C20H18FN5O4S/c1-25-12-23-17-6-4-13(10-14(17)20(25)27)30-19-15(11-22)18(7-5-16(19)21)24-31(28,29)26-8-2-3-9-26/h4-7,10,12,24H,2-3,8-9H2,1H3. The lowest BCUT2D eigenvalue weighted by atomic mass is 10.1. The lowest BCUT2D eigenvalue weighted by Crippen LogP contribution is -2.33. The SMILES string of the molecule is Cn1cnc2ccc(Oc3c(F)ccc(NS(=O)(=O)N4CCCC4)c3C#N)cc2c1=O. The molecule has 9 nitrogen and oxygen atoms in total. The van der Waals surface area contributed by atoms with Crippen molar-refractivity contribution in [2.24, 2.45) is 7.05 Å². The molecule has 0 unspecified atom stereocenters. The van der Waals surface area contributed by atoms with Gasteiger partial charge in [-0.25, -0.2) is 9.37 Å². The van der Waals surface area contributed by atoms with E-state index in [2.05, 4.69) is 9.71 Å². The molecule has 0 radical (unpaired) electrons. The first-order valence-electron chi connectivity index (χ1n) is 9.44. The number of nitrogens with one attached hydrogen (secondary N) is 1. The highest BCUT2D eigenvalue weighted by molar-refractivity contribution is 7.90. The quantitative estimate of drug-likeness (QED) is 0.647. The zero-order valence-electron chi connectivity index (χ0n) is 16.5. The number of aromatic nitrogens is 2. The highest BCUT2D eigenvalue weighted by atomic mass is 32.2. The maximum atomic E-state index is 14.6. The Morgan fingerprint density at radius 3 is 2.68 bits per heavy atom. The van der Waals surface area contributed by atoms with E-state index in [0.717, 1.165) is 18.9 Å². The first kappa shape index (κ1) is 20.8. The Hall–Kier alpha value is -3.49. The van der Waals surface area contributed by atoms with Gasteiger partial charge in [-0.05, 0) is 43.2 Å². The average molecular weight is 443 g/mol. The van der Waals surface area contributed by atoms with Crippen molar-refractivity contribution in [1.29, 1.82) is 5.26 Å².